The first-order valence-corrected chi connectivity index (χ1v) is 11.7. The van der Waals surface area contributed by atoms with Gasteiger partial charge in [0.15, 0.2) is 0 Å². The van der Waals surface area contributed by atoms with E-state index in [4.69, 9.17) is 0 Å². The van der Waals surface area contributed by atoms with Crippen LogP contribution in [0.25, 0.3) is 10.8 Å². The molecule has 5 rings (SSSR count). The quantitative estimate of drug-likeness (QED) is 0.673. The Bertz CT molecular complexity index is 1160. The molecule has 1 aromatic carbocycles. The third-order valence-corrected chi connectivity index (χ3v) is 7.09. The number of rotatable bonds is 5. The van der Waals surface area contributed by atoms with Gasteiger partial charge in [-0.15, -0.1) is 0 Å². The molecule has 2 atom stereocenters. The van der Waals surface area contributed by atoms with Crippen LogP contribution in [0.5, 0.6) is 0 Å². The van der Waals surface area contributed by atoms with Crippen LogP contribution in [0.2, 0.25) is 0 Å². The van der Waals surface area contributed by atoms with E-state index in [0.29, 0.717) is 41.4 Å². The molecule has 32 heavy (non-hydrogen) atoms. The third kappa shape index (κ3) is 4.19. The van der Waals surface area contributed by atoms with Gasteiger partial charge in [0.05, 0.1) is 12.1 Å². The van der Waals surface area contributed by atoms with Crippen molar-refractivity contribution in [1.82, 2.24) is 19.8 Å². The summed E-state index contributed by atoms with van der Waals surface area (Å²) in [5.74, 6) is 0.402. The lowest BCUT2D eigenvalue weighted by molar-refractivity contribution is 0.0576. The van der Waals surface area contributed by atoms with Gasteiger partial charge in [-0.25, -0.2) is 0 Å². The van der Waals surface area contributed by atoms with Crippen LogP contribution in [0.1, 0.15) is 48.0 Å². The van der Waals surface area contributed by atoms with Gasteiger partial charge >= 0.3 is 0 Å². The van der Waals surface area contributed by atoms with Crippen molar-refractivity contribution in [2.24, 2.45) is 5.92 Å². The third-order valence-electron chi connectivity index (χ3n) is 7.09. The molecule has 0 saturated carbocycles. The second-order valence-corrected chi connectivity index (χ2v) is 9.09. The SMILES string of the molecule is O=C(NC[C@@H]1CCCN2CCCC[C@H]12)c1cn(Cc2ccncc2)c(=O)c2ccccc12. The van der Waals surface area contributed by atoms with E-state index in [-0.39, 0.29) is 11.5 Å². The lowest BCUT2D eigenvalue weighted by Gasteiger charge is -2.44. The molecule has 0 radical (unpaired) electrons. The van der Waals surface area contributed by atoms with Crippen molar-refractivity contribution in [3.05, 3.63) is 76.5 Å². The lowest BCUT2D eigenvalue weighted by Crippen LogP contribution is -2.51. The number of hydrogen-bond acceptors (Lipinski definition) is 4. The molecular weight excluding hydrogens is 400 g/mol. The van der Waals surface area contributed by atoms with Gasteiger partial charge in [0.2, 0.25) is 0 Å². The lowest BCUT2D eigenvalue weighted by atomic mass is 9.83. The molecular formula is C26H30N4O2. The topological polar surface area (TPSA) is 67.2 Å². The van der Waals surface area contributed by atoms with Crippen molar-refractivity contribution in [3.63, 3.8) is 0 Å². The summed E-state index contributed by atoms with van der Waals surface area (Å²) in [4.78, 5) is 33.1. The number of nitrogens with zero attached hydrogens (tertiary/aromatic N) is 3. The van der Waals surface area contributed by atoms with E-state index in [0.717, 1.165) is 5.56 Å². The molecule has 0 aliphatic carbocycles. The number of fused-ring (bicyclic) bond motifs is 2. The molecule has 0 spiro atoms. The zero-order valence-electron chi connectivity index (χ0n) is 18.4. The van der Waals surface area contributed by atoms with Gasteiger partial charge in [-0.2, -0.15) is 0 Å². The summed E-state index contributed by atoms with van der Waals surface area (Å²) in [6, 6.07) is 11.8. The molecule has 3 aromatic rings. The monoisotopic (exact) mass is 430 g/mol. The van der Waals surface area contributed by atoms with Crippen LogP contribution < -0.4 is 10.9 Å². The van der Waals surface area contributed by atoms with E-state index < -0.39 is 0 Å². The number of nitrogens with one attached hydrogen (secondary N) is 1. The summed E-state index contributed by atoms with van der Waals surface area (Å²) in [7, 11) is 0. The van der Waals surface area contributed by atoms with Gasteiger partial charge in [-0.05, 0) is 68.5 Å². The molecule has 1 amide bonds. The molecule has 1 N–H and O–H groups in total. The van der Waals surface area contributed by atoms with E-state index in [1.165, 1.54) is 45.2 Å². The number of piperidine rings is 2. The highest BCUT2D eigenvalue weighted by molar-refractivity contribution is 6.06. The predicted molar refractivity (Wildman–Crippen MR) is 126 cm³/mol. The second-order valence-electron chi connectivity index (χ2n) is 9.09. The Morgan fingerprint density at radius 1 is 1.00 bits per heavy atom. The molecule has 6 heteroatoms. The number of benzene rings is 1. The summed E-state index contributed by atoms with van der Waals surface area (Å²) in [5.41, 5.74) is 1.45. The standard InChI is InChI=1S/C26H30N4O2/c31-25(28-16-20-6-5-15-29-14-4-3-9-24(20)29)23-18-30(17-19-10-12-27-13-11-19)26(32)22-8-2-1-7-21(22)23/h1-2,7-8,10-13,18,20,24H,3-6,9,14-17H2,(H,28,31)/t20-,24+/m0/s1. The zero-order valence-corrected chi connectivity index (χ0v) is 18.4. The van der Waals surface area contributed by atoms with Crippen molar-refractivity contribution < 1.29 is 4.79 Å². The van der Waals surface area contributed by atoms with E-state index in [1.807, 2.05) is 30.3 Å². The van der Waals surface area contributed by atoms with E-state index in [2.05, 4.69) is 15.2 Å². The number of amides is 1. The van der Waals surface area contributed by atoms with Crippen molar-refractivity contribution in [2.75, 3.05) is 19.6 Å². The van der Waals surface area contributed by atoms with Gasteiger partial charge in [-0.1, -0.05) is 24.6 Å². The maximum Gasteiger partial charge on any atom is 0.258 e. The number of carbonyl (C=O) groups is 1. The van der Waals surface area contributed by atoms with Crippen LogP contribution in [0.15, 0.2) is 59.8 Å². The first kappa shape index (κ1) is 20.9. The molecule has 4 heterocycles. The molecule has 2 aliphatic heterocycles. The Balaban J connectivity index is 1.40. The Labute approximate surface area is 188 Å². The number of pyridine rings is 2. The normalized spacial score (nSPS) is 21.2. The largest absolute Gasteiger partial charge is 0.352 e. The highest BCUT2D eigenvalue weighted by Gasteiger charge is 2.33. The van der Waals surface area contributed by atoms with Crippen molar-refractivity contribution >= 4 is 16.7 Å². The van der Waals surface area contributed by atoms with Crippen LogP contribution in [0, 0.1) is 5.92 Å². The highest BCUT2D eigenvalue weighted by atomic mass is 16.2. The maximum atomic E-state index is 13.3. The van der Waals surface area contributed by atoms with E-state index >= 15 is 0 Å². The van der Waals surface area contributed by atoms with Gasteiger partial charge in [-0.3, -0.25) is 14.6 Å². The summed E-state index contributed by atoms with van der Waals surface area (Å²) in [5, 5.41) is 4.50. The summed E-state index contributed by atoms with van der Waals surface area (Å²) < 4.78 is 1.63. The molecule has 6 nitrogen and oxygen atoms in total. The van der Waals surface area contributed by atoms with E-state index in [1.54, 1.807) is 29.2 Å². The minimum atomic E-state index is -0.0994. The fraction of sp³-hybridized carbons (Fsp3) is 0.423. The Morgan fingerprint density at radius 2 is 1.78 bits per heavy atom. The van der Waals surface area contributed by atoms with Gasteiger partial charge in [0.25, 0.3) is 11.5 Å². The smallest absolute Gasteiger partial charge is 0.258 e. The molecule has 166 valence electrons. The maximum absolute atomic E-state index is 13.3. The molecule has 0 unspecified atom stereocenters. The summed E-state index contributed by atoms with van der Waals surface area (Å²) in [6.07, 6.45) is 11.3. The van der Waals surface area contributed by atoms with Gasteiger partial charge < -0.3 is 14.8 Å². The number of carbonyl (C=O) groups excluding carboxylic acids is 1. The van der Waals surface area contributed by atoms with Crippen LogP contribution in [0.4, 0.5) is 0 Å². The van der Waals surface area contributed by atoms with E-state index in [9.17, 15) is 9.59 Å². The average molecular weight is 431 g/mol. The minimum absolute atomic E-state index is 0.0842. The van der Waals surface area contributed by atoms with Crippen LogP contribution in [0.3, 0.4) is 0 Å². The minimum Gasteiger partial charge on any atom is -0.352 e. The first-order chi connectivity index (χ1) is 15.7. The second kappa shape index (κ2) is 9.25. The summed E-state index contributed by atoms with van der Waals surface area (Å²) >= 11 is 0. The molecule has 0 bridgehead atoms. The zero-order chi connectivity index (χ0) is 21.9. The van der Waals surface area contributed by atoms with Crippen molar-refractivity contribution in [2.45, 2.75) is 44.7 Å². The predicted octanol–water partition coefficient (Wildman–Crippen LogP) is 3.44. The van der Waals surface area contributed by atoms with Crippen molar-refractivity contribution in [1.29, 1.82) is 0 Å². The van der Waals surface area contributed by atoms with Crippen LogP contribution in [-0.2, 0) is 6.54 Å². The molecule has 2 aliphatic rings. The summed E-state index contributed by atoms with van der Waals surface area (Å²) in [6.45, 7) is 3.49. The fourth-order valence-corrected chi connectivity index (χ4v) is 5.46. The number of aromatic nitrogens is 2. The highest BCUT2D eigenvalue weighted by Crippen LogP contribution is 2.30. The molecule has 2 aromatic heterocycles. The van der Waals surface area contributed by atoms with Crippen molar-refractivity contribution in [3.8, 4) is 0 Å². The van der Waals surface area contributed by atoms with Crippen LogP contribution >= 0.6 is 0 Å². The van der Waals surface area contributed by atoms with Crippen LogP contribution in [-0.4, -0.2) is 46.0 Å². The Kier molecular flexibility index (Phi) is 6.04. The Morgan fingerprint density at radius 3 is 2.62 bits per heavy atom. The van der Waals surface area contributed by atoms with Gasteiger partial charge in [0.1, 0.15) is 0 Å². The fourth-order valence-electron chi connectivity index (χ4n) is 5.46. The first-order valence-electron chi connectivity index (χ1n) is 11.7. The number of hydrogen-bond donors (Lipinski definition) is 1. The average Bonchev–Trinajstić information content (AvgIpc) is 2.85. The molecule has 2 fully saturated rings. The molecule has 2 saturated heterocycles. The Hall–Kier alpha value is -2.99. The van der Waals surface area contributed by atoms with Gasteiger partial charge in [0, 0.05) is 41.9 Å².